The van der Waals surface area contributed by atoms with Crippen LogP contribution in [0.5, 0.6) is 5.75 Å². The van der Waals surface area contributed by atoms with Crippen molar-refractivity contribution in [2.75, 3.05) is 6.61 Å². The highest BCUT2D eigenvalue weighted by Gasteiger charge is 2.05. The molecule has 1 heterocycles. The normalized spacial score (nSPS) is 10.1. The van der Waals surface area contributed by atoms with Gasteiger partial charge in [0.25, 0.3) is 0 Å². The molecule has 23 heavy (non-hydrogen) atoms. The number of ether oxygens (including phenoxy) is 1. The van der Waals surface area contributed by atoms with Gasteiger partial charge in [-0.25, -0.2) is 0 Å². The van der Waals surface area contributed by atoms with Crippen molar-refractivity contribution < 1.29 is 13.9 Å². The topological polar surface area (TPSA) is 63.5 Å². The van der Waals surface area contributed by atoms with Crippen molar-refractivity contribution in [3.05, 3.63) is 54.0 Å². The second kappa shape index (κ2) is 8.95. The molecule has 0 aliphatic rings. The number of carbonyl (C=O) groups excluding carboxylic acids is 1. The summed E-state index contributed by atoms with van der Waals surface area (Å²) in [5, 5.41) is 5.84. The van der Waals surface area contributed by atoms with Crippen LogP contribution in [0.25, 0.3) is 0 Å². The first-order valence-electron chi connectivity index (χ1n) is 7.43. The standard InChI is InChI=1S/C17H20N2O3S/c1-13-6-8-14(9-7-13)21-11-3-5-16(20)19-17(23)18-12-15-4-2-10-22-15/h2,4,6-10H,3,5,11-12H2,1H3,(H2,18,19,20,23). The number of hydrogen-bond acceptors (Lipinski definition) is 4. The van der Waals surface area contributed by atoms with Crippen LogP contribution in [0.3, 0.4) is 0 Å². The van der Waals surface area contributed by atoms with E-state index in [2.05, 4.69) is 10.6 Å². The fourth-order valence-electron chi connectivity index (χ4n) is 1.87. The van der Waals surface area contributed by atoms with Crippen LogP contribution in [0.1, 0.15) is 24.2 Å². The third kappa shape index (κ3) is 6.52. The zero-order valence-corrected chi connectivity index (χ0v) is 13.8. The second-order valence-corrected chi connectivity index (χ2v) is 5.48. The Hall–Kier alpha value is -2.34. The number of benzene rings is 1. The molecule has 6 heteroatoms. The summed E-state index contributed by atoms with van der Waals surface area (Å²) in [6.45, 7) is 2.96. The van der Waals surface area contributed by atoms with Gasteiger partial charge in [0.05, 0.1) is 19.4 Å². The molecule has 1 amide bonds. The van der Waals surface area contributed by atoms with Crippen molar-refractivity contribution >= 4 is 23.2 Å². The lowest BCUT2D eigenvalue weighted by Gasteiger charge is -2.09. The summed E-state index contributed by atoms with van der Waals surface area (Å²) >= 11 is 5.05. The van der Waals surface area contributed by atoms with Gasteiger partial charge in [0, 0.05) is 6.42 Å². The molecule has 0 radical (unpaired) electrons. The number of nitrogens with one attached hydrogen (secondary N) is 2. The Morgan fingerprint density at radius 2 is 2.04 bits per heavy atom. The lowest BCUT2D eigenvalue weighted by Crippen LogP contribution is -2.38. The van der Waals surface area contributed by atoms with E-state index < -0.39 is 0 Å². The molecule has 0 bridgehead atoms. The van der Waals surface area contributed by atoms with Crippen molar-refractivity contribution in [2.24, 2.45) is 0 Å². The van der Waals surface area contributed by atoms with Crippen LogP contribution >= 0.6 is 12.2 Å². The lowest BCUT2D eigenvalue weighted by atomic mass is 10.2. The summed E-state index contributed by atoms with van der Waals surface area (Å²) in [6.07, 6.45) is 2.57. The molecule has 122 valence electrons. The van der Waals surface area contributed by atoms with Crippen molar-refractivity contribution in [2.45, 2.75) is 26.3 Å². The van der Waals surface area contributed by atoms with Crippen molar-refractivity contribution in [1.29, 1.82) is 0 Å². The maximum Gasteiger partial charge on any atom is 0.226 e. The van der Waals surface area contributed by atoms with E-state index in [1.807, 2.05) is 37.3 Å². The van der Waals surface area contributed by atoms with Gasteiger partial charge in [0.1, 0.15) is 11.5 Å². The number of rotatable bonds is 7. The van der Waals surface area contributed by atoms with Crippen LogP contribution in [0, 0.1) is 6.92 Å². The van der Waals surface area contributed by atoms with Gasteiger partial charge in [0.15, 0.2) is 5.11 Å². The molecule has 1 aromatic heterocycles. The molecule has 0 saturated carbocycles. The van der Waals surface area contributed by atoms with E-state index in [0.29, 0.717) is 31.1 Å². The molecule has 5 nitrogen and oxygen atoms in total. The molecule has 0 aliphatic heterocycles. The van der Waals surface area contributed by atoms with Crippen LogP contribution in [-0.2, 0) is 11.3 Å². The Balaban J connectivity index is 1.57. The maximum absolute atomic E-state index is 11.8. The van der Waals surface area contributed by atoms with E-state index in [1.165, 1.54) is 5.56 Å². The summed E-state index contributed by atoms with van der Waals surface area (Å²) in [5.74, 6) is 1.44. The summed E-state index contributed by atoms with van der Waals surface area (Å²) in [4.78, 5) is 11.8. The van der Waals surface area contributed by atoms with Gasteiger partial charge in [-0.3, -0.25) is 4.79 Å². The fraction of sp³-hybridized carbons (Fsp3) is 0.294. The second-order valence-electron chi connectivity index (χ2n) is 5.08. The predicted octanol–water partition coefficient (Wildman–Crippen LogP) is 2.94. The number of thiocarbonyl (C=S) groups is 1. The molecule has 0 spiro atoms. The smallest absolute Gasteiger partial charge is 0.226 e. The minimum absolute atomic E-state index is 0.130. The predicted molar refractivity (Wildman–Crippen MR) is 92.2 cm³/mol. The van der Waals surface area contributed by atoms with Gasteiger partial charge in [-0.15, -0.1) is 0 Å². The van der Waals surface area contributed by atoms with E-state index in [9.17, 15) is 4.79 Å². The Morgan fingerprint density at radius 1 is 1.26 bits per heavy atom. The summed E-state index contributed by atoms with van der Waals surface area (Å²) < 4.78 is 10.7. The largest absolute Gasteiger partial charge is 0.494 e. The molecular weight excluding hydrogens is 312 g/mol. The quantitative estimate of drug-likeness (QED) is 0.603. The summed E-state index contributed by atoms with van der Waals surface area (Å²) in [7, 11) is 0. The van der Waals surface area contributed by atoms with E-state index in [1.54, 1.807) is 12.3 Å². The molecule has 0 aliphatic carbocycles. The van der Waals surface area contributed by atoms with Crippen molar-refractivity contribution in [3.63, 3.8) is 0 Å². The Labute approximate surface area is 141 Å². The van der Waals surface area contributed by atoms with Gasteiger partial charge in [-0.05, 0) is 49.8 Å². The highest BCUT2D eigenvalue weighted by Crippen LogP contribution is 2.11. The first kappa shape index (κ1) is 17.0. The van der Waals surface area contributed by atoms with E-state index in [4.69, 9.17) is 21.4 Å². The zero-order valence-electron chi connectivity index (χ0n) is 13.0. The van der Waals surface area contributed by atoms with Gasteiger partial charge in [-0.1, -0.05) is 17.7 Å². The monoisotopic (exact) mass is 332 g/mol. The van der Waals surface area contributed by atoms with Crippen LogP contribution in [-0.4, -0.2) is 17.6 Å². The summed E-state index contributed by atoms with van der Waals surface area (Å²) in [5.41, 5.74) is 1.19. The van der Waals surface area contributed by atoms with Crippen LogP contribution < -0.4 is 15.4 Å². The number of carbonyl (C=O) groups is 1. The third-order valence-electron chi connectivity index (χ3n) is 3.09. The fourth-order valence-corrected chi connectivity index (χ4v) is 2.06. The zero-order chi connectivity index (χ0) is 16.5. The molecule has 0 atom stereocenters. The highest BCUT2D eigenvalue weighted by atomic mass is 32.1. The average Bonchev–Trinajstić information content (AvgIpc) is 3.05. The minimum Gasteiger partial charge on any atom is -0.494 e. The maximum atomic E-state index is 11.8. The van der Waals surface area contributed by atoms with Crippen molar-refractivity contribution in [1.82, 2.24) is 10.6 Å². The number of amides is 1. The molecule has 2 rings (SSSR count). The van der Waals surface area contributed by atoms with Crippen LogP contribution in [0.2, 0.25) is 0 Å². The van der Waals surface area contributed by atoms with E-state index in [-0.39, 0.29) is 5.91 Å². The Morgan fingerprint density at radius 3 is 2.74 bits per heavy atom. The molecule has 0 saturated heterocycles. The first-order chi connectivity index (χ1) is 11.1. The Bertz CT molecular complexity index is 624. The van der Waals surface area contributed by atoms with E-state index >= 15 is 0 Å². The van der Waals surface area contributed by atoms with Gasteiger partial charge in [-0.2, -0.15) is 0 Å². The third-order valence-corrected chi connectivity index (χ3v) is 3.34. The van der Waals surface area contributed by atoms with Gasteiger partial charge < -0.3 is 19.8 Å². The van der Waals surface area contributed by atoms with Gasteiger partial charge >= 0.3 is 0 Å². The van der Waals surface area contributed by atoms with E-state index in [0.717, 1.165) is 11.5 Å². The number of furan rings is 1. The average molecular weight is 332 g/mol. The molecule has 0 unspecified atom stereocenters. The SMILES string of the molecule is Cc1ccc(OCCCC(=O)NC(=S)NCc2ccco2)cc1. The number of hydrogen-bond donors (Lipinski definition) is 2. The van der Waals surface area contributed by atoms with Crippen LogP contribution in [0.15, 0.2) is 47.1 Å². The molecule has 2 aromatic rings. The molecule has 2 N–H and O–H groups in total. The highest BCUT2D eigenvalue weighted by molar-refractivity contribution is 7.80. The minimum atomic E-state index is -0.130. The van der Waals surface area contributed by atoms with Crippen LogP contribution in [0.4, 0.5) is 0 Å². The number of aryl methyl sites for hydroxylation is 1. The van der Waals surface area contributed by atoms with Gasteiger partial charge in [0.2, 0.25) is 5.91 Å². The van der Waals surface area contributed by atoms with Crippen molar-refractivity contribution in [3.8, 4) is 5.75 Å². The molecule has 1 aromatic carbocycles. The first-order valence-corrected chi connectivity index (χ1v) is 7.84. The lowest BCUT2D eigenvalue weighted by molar-refractivity contribution is -0.119. The summed E-state index contributed by atoms with van der Waals surface area (Å²) in [6, 6.07) is 11.5. The molecule has 0 fully saturated rings. The Kier molecular flexibility index (Phi) is 6.62. The molecular formula is C17H20N2O3S.